The molecule has 0 spiro atoms. The number of carbonyl (C=O) groups excluding carboxylic acids is 2. The Hall–Kier alpha value is -2.43. The molecule has 0 aliphatic heterocycles. The van der Waals surface area contributed by atoms with Crippen molar-refractivity contribution in [3.63, 3.8) is 0 Å². The van der Waals surface area contributed by atoms with E-state index in [1.54, 1.807) is 18.3 Å². The second-order valence-corrected chi connectivity index (χ2v) is 3.23. The van der Waals surface area contributed by atoms with Gasteiger partial charge in [0.15, 0.2) is 5.76 Å². The maximum atomic E-state index is 12.0. The van der Waals surface area contributed by atoms with Crippen LogP contribution in [0.1, 0.15) is 26.5 Å². The van der Waals surface area contributed by atoms with E-state index in [4.69, 9.17) is 4.42 Å². The maximum Gasteiger partial charge on any atom is 0.341 e. The molecule has 0 saturated carbocycles. The molecule has 0 aliphatic carbocycles. The largest absolute Gasteiger partial charge is 0.465 e. The third-order valence-corrected chi connectivity index (χ3v) is 2.20. The number of esters is 1. The van der Waals surface area contributed by atoms with Gasteiger partial charge in [-0.25, -0.2) is 4.79 Å². The molecule has 2 aromatic heterocycles. The van der Waals surface area contributed by atoms with Crippen molar-refractivity contribution in [1.29, 1.82) is 0 Å². The quantitative estimate of drug-likeness (QED) is 0.593. The third-order valence-electron chi connectivity index (χ3n) is 2.20. The Bertz CT molecular complexity index is 545. The second-order valence-electron chi connectivity index (χ2n) is 3.23. The van der Waals surface area contributed by atoms with Crippen LogP contribution in [0, 0.1) is 0 Å². The molecule has 0 unspecified atom stereocenters. The molecule has 0 amide bonds. The van der Waals surface area contributed by atoms with Gasteiger partial charge in [0.2, 0.25) is 5.78 Å². The zero-order chi connectivity index (χ0) is 12.3. The van der Waals surface area contributed by atoms with Crippen LogP contribution in [-0.2, 0) is 4.74 Å². The van der Waals surface area contributed by atoms with Crippen molar-refractivity contribution in [2.24, 2.45) is 0 Å². The van der Waals surface area contributed by atoms with Gasteiger partial charge in [-0.1, -0.05) is 0 Å². The van der Waals surface area contributed by atoms with Gasteiger partial charge < -0.3 is 9.15 Å². The Kier molecular flexibility index (Phi) is 3.00. The minimum absolute atomic E-state index is 0.0372. The van der Waals surface area contributed by atoms with Crippen LogP contribution in [0.5, 0.6) is 0 Å². The summed E-state index contributed by atoms with van der Waals surface area (Å²) in [5, 5.41) is 0. The maximum absolute atomic E-state index is 12.0. The molecule has 0 aliphatic rings. The Morgan fingerprint density at radius 2 is 2.18 bits per heavy atom. The van der Waals surface area contributed by atoms with Crippen molar-refractivity contribution >= 4 is 11.8 Å². The van der Waals surface area contributed by atoms with E-state index >= 15 is 0 Å². The molecule has 2 aromatic rings. The molecule has 0 radical (unpaired) electrons. The van der Waals surface area contributed by atoms with Crippen molar-refractivity contribution < 1.29 is 18.7 Å². The number of carbonyl (C=O) groups is 2. The predicted octanol–water partition coefficient (Wildman–Crippen LogP) is 1.69. The van der Waals surface area contributed by atoms with E-state index in [9.17, 15) is 9.59 Å². The lowest BCUT2D eigenvalue weighted by Gasteiger charge is -2.00. The van der Waals surface area contributed by atoms with Gasteiger partial charge in [-0.3, -0.25) is 9.78 Å². The Balaban J connectivity index is 2.39. The Labute approximate surface area is 97.0 Å². The van der Waals surface area contributed by atoms with Crippen molar-refractivity contribution in [3.8, 4) is 0 Å². The number of hydrogen-bond acceptors (Lipinski definition) is 5. The first-order valence-electron chi connectivity index (χ1n) is 4.84. The fourth-order valence-corrected chi connectivity index (χ4v) is 1.38. The van der Waals surface area contributed by atoms with Crippen LogP contribution < -0.4 is 0 Å². The summed E-state index contributed by atoms with van der Waals surface area (Å²) in [6.45, 7) is 0. The van der Waals surface area contributed by atoms with Crippen molar-refractivity contribution in [1.82, 2.24) is 4.98 Å². The van der Waals surface area contributed by atoms with Crippen molar-refractivity contribution in [2.45, 2.75) is 0 Å². The van der Waals surface area contributed by atoms with Crippen LogP contribution in [0.15, 0.2) is 41.3 Å². The molecule has 86 valence electrons. The number of methoxy groups -OCH3 is 1. The van der Waals surface area contributed by atoms with E-state index in [-0.39, 0.29) is 11.3 Å². The minimum Gasteiger partial charge on any atom is -0.465 e. The molecule has 2 rings (SSSR count). The number of pyridine rings is 1. The Morgan fingerprint density at radius 3 is 2.82 bits per heavy atom. The Morgan fingerprint density at radius 1 is 1.35 bits per heavy atom. The van der Waals surface area contributed by atoms with E-state index in [0.29, 0.717) is 5.56 Å². The molecule has 0 fully saturated rings. The van der Waals surface area contributed by atoms with Crippen LogP contribution in [-0.4, -0.2) is 23.8 Å². The number of aromatic nitrogens is 1. The highest BCUT2D eigenvalue weighted by Gasteiger charge is 2.22. The standard InChI is InChI=1S/C12H9NO4/c1-16-12(15)9-4-6-17-11(9)10(14)8-3-2-5-13-7-8/h2-7H,1H3. The lowest BCUT2D eigenvalue weighted by atomic mass is 10.1. The number of ketones is 1. The number of furan rings is 1. The van der Waals surface area contributed by atoms with E-state index in [2.05, 4.69) is 9.72 Å². The summed E-state index contributed by atoms with van der Waals surface area (Å²) in [5.74, 6) is -1.04. The smallest absolute Gasteiger partial charge is 0.341 e. The summed E-state index contributed by atoms with van der Waals surface area (Å²) < 4.78 is 9.58. The predicted molar refractivity (Wildman–Crippen MR) is 57.7 cm³/mol. The van der Waals surface area contributed by atoms with E-state index in [1.165, 1.54) is 25.6 Å². The highest BCUT2D eigenvalue weighted by molar-refractivity contribution is 6.12. The number of rotatable bonds is 3. The molecule has 5 nitrogen and oxygen atoms in total. The van der Waals surface area contributed by atoms with Crippen LogP contribution in [0.3, 0.4) is 0 Å². The molecule has 0 N–H and O–H groups in total. The summed E-state index contributed by atoms with van der Waals surface area (Å²) in [6, 6.07) is 4.63. The third kappa shape index (κ3) is 2.08. The first kappa shape index (κ1) is 11.1. The lowest BCUT2D eigenvalue weighted by molar-refractivity contribution is 0.0595. The normalized spacial score (nSPS) is 9.94. The van der Waals surface area contributed by atoms with E-state index in [1.807, 2.05) is 0 Å². The highest BCUT2D eigenvalue weighted by atomic mass is 16.5. The zero-order valence-electron chi connectivity index (χ0n) is 9.04. The fraction of sp³-hybridized carbons (Fsp3) is 0.0833. The van der Waals surface area contributed by atoms with Crippen LogP contribution in [0.4, 0.5) is 0 Å². The summed E-state index contributed by atoms with van der Waals surface area (Å²) >= 11 is 0. The van der Waals surface area contributed by atoms with Gasteiger partial charge >= 0.3 is 5.97 Å². The number of hydrogen-bond donors (Lipinski definition) is 0. The van der Waals surface area contributed by atoms with Crippen LogP contribution in [0.25, 0.3) is 0 Å². The molecular formula is C12H9NO4. The minimum atomic E-state index is -0.606. The van der Waals surface area contributed by atoms with Gasteiger partial charge in [0.1, 0.15) is 5.56 Å². The summed E-state index contributed by atoms with van der Waals surface area (Å²) in [4.78, 5) is 27.2. The van der Waals surface area contributed by atoms with Gasteiger partial charge in [-0.05, 0) is 18.2 Å². The van der Waals surface area contributed by atoms with Gasteiger partial charge in [-0.2, -0.15) is 0 Å². The summed E-state index contributed by atoms with van der Waals surface area (Å²) in [7, 11) is 1.24. The van der Waals surface area contributed by atoms with Crippen LogP contribution >= 0.6 is 0 Å². The highest BCUT2D eigenvalue weighted by Crippen LogP contribution is 2.16. The van der Waals surface area contributed by atoms with Crippen molar-refractivity contribution in [2.75, 3.05) is 7.11 Å². The molecule has 0 aromatic carbocycles. The molecule has 0 bridgehead atoms. The first-order valence-corrected chi connectivity index (χ1v) is 4.84. The van der Waals surface area contributed by atoms with Crippen LogP contribution in [0.2, 0.25) is 0 Å². The molecular weight excluding hydrogens is 222 g/mol. The summed E-state index contributed by atoms with van der Waals surface area (Å²) in [6.07, 6.45) is 4.24. The van der Waals surface area contributed by atoms with E-state index in [0.717, 1.165) is 0 Å². The van der Waals surface area contributed by atoms with Gasteiger partial charge in [0.05, 0.1) is 13.4 Å². The molecule has 17 heavy (non-hydrogen) atoms. The molecule has 5 heteroatoms. The second kappa shape index (κ2) is 4.61. The van der Waals surface area contributed by atoms with E-state index < -0.39 is 11.8 Å². The fourth-order valence-electron chi connectivity index (χ4n) is 1.38. The lowest BCUT2D eigenvalue weighted by Crippen LogP contribution is -2.08. The SMILES string of the molecule is COC(=O)c1ccoc1C(=O)c1cccnc1. The number of ether oxygens (including phenoxy) is 1. The summed E-state index contributed by atoms with van der Waals surface area (Å²) in [5.41, 5.74) is 0.467. The molecule has 0 atom stereocenters. The topological polar surface area (TPSA) is 69.4 Å². The average Bonchev–Trinajstić information content (AvgIpc) is 2.87. The van der Waals surface area contributed by atoms with Gasteiger partial charge in [0.25, 0.3) is 0 Å². The first-order chi connectivity index (χ1) is 8.24. The molecule has 0 saturated heterocycles. The molecule has 2 heterocycles. The van der Waals surface area contributed by atoms with Crippen molar-refractivity contribution in [3.05, 3.63) is 53.7 Å². The average molecular weight is 231 g/mol. The zero-order valence-corrected chi connectivity index (χ0v) is 9.04. The van der Waals surface area contributed by atoms with Gasteiger partial charge in [-0.15, -0.1) is 0 Å². The monoisotopic (exact) mass is 231 g/mol. The van der Waals surface area contributed by atoms with Gasteiger partial charge in [0, 0.05) is 18.0 Å². The number of nitrogens with zero attached hydrogens (tertiary/aromatic N) is 1.